The standard InChI is InChI=1S/C15H12N4OS/c1-20-12-6-9(7-16)2-3-10(12)19-11-4-5-13-15(14(11)17)18-8-21-13/h2-6,8,19H,17H2,1H3. The van der Waals surface area contributed by atoms with Gasteiger partial charge in [-0.25, -0.2) is 4.98 Å². The lowest BCUT2D eigenvalue weighted by Gasteiger charge is -2.13. The Morgan fingerprint density at radius 2 is 2.10 bits per heavy atom. The molecule has 0 aliphatic carbocycles. The maximum atomic E-state index is 8.92. The highest BCUT2D eigenvalue weighted by molar-refractivity contribution is 7.16. The zero-order valence-electron chi connectivity index (χ0n) is 11.3. The van der Waals surface area contributed by atoms with Crippen LogP contribution in [0, 0.1) is 11.3 Å². The number of rotatable bonds is 3. The molecule has 0 aliphatic heterocycles. The molecule has 3 aromatic rings. The van der Waals surface area contributed by atoms with Gasteiger partial charge in [-0.1, -0.05) is 0 Å². The second kappa shape index (κ2) is 5.31. The fourth-order valence-corrected chi connectivity index (χ4v) is 2.76. The molecule has 1 aromatic heterocycles. The van der Waals surface area contributed by atoms with Gasteiger partial charge in [0.25, 0.3) is 0 Å². The molecule has 0 saturated carbocycles. The normalized spacial score (nSPS) is 10.3. The number of nitriles is 1. The van der Waals surface area contributed by atoms with Gasteiger partial charge < -0.3 is 15.8 Å². The van der Waals surface area contributed by atoms with Gasteiger partial charge in [0.1, 0.15) is 11.3 Å². The number of methoxy groups -OCH3 is 1. The second-order valence-corrected chi connectivity index (χ2v) is 5.26. The third-order valence-corrected chi connectivity index (χ3v) is 3.94. The molecule has 0 radical (unpaired) electrons. The molecule has 2 aromatic carbocycles. The number of fused-ring (bicyclic) bond motifs is 1. The van der Waals surface area contributed by atoms with Crippen molar-refractivity contribution in [2.75, 3.05) is 18.2 Å². The molecule has 0 aliphatic rings. The SMILES string of the molecule is COc1cc(C#N)ccc1Nc1ccc2scnc2c1N. The van der Waals surface area contributed by atoms with Crippen molar-refractivity contribution in [3.8, 4) is 11.8 Å². The molecule has 5 nitrogen and oxygen atoms in total. The Kier molecular flexibility index (Phi) is 3.34. The molecule has 0 spiro atoms. The van der Waals surface area contributed by atoms with E-state index in [1.165, 1.54) is 0 Å². The third-order valence-electron chi connectivity index (χ3n) is 3.14. The van der Waals surface area contributed by atoms with Crippen LogP contribution in [-0.4, -0.2) is 12.1 Å². The van der Waals surface area contributed by atoms with Crippen LogP contribution in [0.15, 0.2) is 35.8 Å². The van der Waals surface area contributed by atoms with E-state index in [1.807, 2.05) is 12.1 Å². The summed E-state index contributed by atoms with van der Waals surface area (Å²) in [6.45, 7) is 0. The molecule has 104 valence electrons. The molecule has 0 amide bonds. The van der Waals surface area contributed by atoms with E-state index in [9.17, 15) is 0 Å². The Labute approximate surface area is 125 Å². The average Bonchev–Trinajstić information content (AvgIpc) is 2.99. The number of hydrogen-bond donors (Lipinski definition) is 2. The predicted molar refractivity (Wildman–Crippen MR) is 85.0 cm³/mol. The van der Waals surface area contributed by atoms with E-state index >= 15 is 0 Å². The first kappa shape index (κ1) is 13.2. The van der Waals surface area contributed by atoms with E-state index in [-0.39, 0.29) is 0 Å². The van der Waals surface area contributed by atoms with Crippen molar-refractivity contribution in [1.29, 1.82) is 5.26 Å². The van der Waals surface area contributed by atoms with Gasteiger partial charge in [0.15, 0.2) is 0 Å². The van der Waals surface area contributed by atoms with E-state index in [4.69, 9.17) is 15.7 Å². The maximum absolute atomic E-state index is 8.92. The lowest BCUT2D eigenvalue weighted by atomic mass is 10.2. The van der Waals surface area contributed by atoms with Crippen LogP contribution in [0.4, 0.5) is 17.1 Å². The smallest absolute Gasteiger partial charge is 0.143 e. The Balaban J connectivity index is 2.02. The summed E-state index contributed by atoms with van der Waals surface area (Å²) in [6.07, 6.45) is 0. The fourth-order valence-electron chi connectivity index (χ4n) is 2.07. The van der Waals surface area contributed by atoms with Gasteiger partial charge in [-0.15, -0.1) is 11.3 Å². The summed E-state index contributed by atoms with van der Waals surface area (Å²) < 4.78 is 6.35. The van der Waals surface area contributed by atoms with Gasteiger partial charge in [0, 0.05) is 6.07 Å². The summed E-state index contributed by atoms with van der Waals surface area (Å²) >= 11 is 1.55. The van der Waals surface area contributed by atoms with Gasteiger partial charge in [0.05, 0.1) is 46.0 Å². The van der Waals surface area contributed by atoms with Crippen molar-refractivity contribution in [1.82, 2.24) is 4.98 Å². The third kappa shape index (κ3) is 2.35. The number of anilines is 3. The lowest BCUT2D eigenvalue weighted by Crippen LogP contribution is -1.99. The Morgan fingerprint density at radius 3 is 2.86 bits per heavy atom. The molecule has 3 N–H and O–H groups in total. The van der Waals surface area contributed by atoms with Gasteiger partial charge in [0.2, 0.25) is 0 Å². The summed E-state index contributed by atoms with van der Waals surface area (Å²) in [5.74, 6) is 0.590. The number of thiazole rings is 1. The fraction of sp³-hybridized carbons (Fsp3) is 0.0667. The number of hydrogen-bond acceptors (Lipinski definition) is 6. The number of nitrogens with zero attached hydrogens (tertiary/aromatic N) is 2. The first-order valence-corrected chi connectivity index (χ1v) is 7.07. The molecule has 0 saturated heterocycles. The largest absolute Gasteiger partial charge is 0.495 e. The Bertz CT molecular complexity index is 850. The predicted octanol–water partition coefficient (Wildman–Crippen LogP) is 3.50. The van der Waals surface area contributed by atoms with E-state index in [1.54, 1.807) is 42.2 Å². The Hall–Kier alpha value is -2.78. The molecule has 0 fully saturated rings. The number of nitrogens with two attached hydrogens (primary N) is 1. The highest BCUT2D eigenvalue weighted by Crippen LogP contribution is 2.34. The molecule has 0 atom stereocenters. The minimum Gasteiger partial charge on any atom is -0.495 e. The van der Waals surface area contributed by atoms with Crippen molar-refractivity contribution < 1.29 is 4.74 Å². The van der Waals surface area contributed by atoms with Crippen molar-refractivity contribution in [3.05, 3.63) is 41.4 Å². The van der Waals surface area contributed by atoms with Crippen molar-refractivity contribution >= 4 is 38.6 Å². The van der Waals surface area contributed by atoms with Crippen LogP contribution in [0.3, 0.4) is 0 Å². The second-order valence-electron chi connectivity index (χ2n) is 4.38. The van der Waals surface area contributed by atoms with Crippen LogP contribution in [-0.2, 0) is 0 Å². The number of benzene rings is 2. The molecular formula is C15H12N4OS. The number of aromatic nitrogens is 1. The molecule has 21 heavy (non-hydrogen) atoms. The van der Waals surface area contributed by atoms with Crippen LogP contribution in [0.25, 0.3) is 10.2 Å². The Morgan fingerprint density at radius 1 is 1.29 bits per heavy atom. The highest BCUT2D eigenvalue weighted by atomic mass is 32.1. The number of nitrogens with one attached hydrogen (secondary N) is 1. The number of nitrogen functional groups attached to an aromatic ring is 1. The minimum absolute atomic E-state index is 0.542. The summed E-state index contributed by atoms with van der Waals surface area (Å²) in [7, 11) is 1.56. The summed E-state index contributed by atoms with van der Waals surface area (Å²) in [5.41, 5.74) is 11.4. The maximum Gasteiger partial charge on any atom is 0.143 e. The first-order chi connectivity index (χ1) is 10.2. The topological polar surface area (TPSA) is 84.0 Å². The molecule has 0 bridgehead atoms. The molecular weight excluding hydrogens is 284 g/mol. The average molecular weight is 296 g/mol. The summed E-state index contributed by atoms with van der Waals surface area (Å²) in [5, 5.41) is 12.2. The first-order valence-electron chi connectivity index (χ1n) is 6.20. The highest BCUT2D eigenvalue weighted by Gasteiger charge is 2.10. The van der Waals surface area contributed by atoms with Crippen LogP contribution in [0.5, 0.6) is 5.75 Å². The zero-order chi connectivity index (χ0) is 14.8. The zero-order valence-corrected chi connectivity index (χ0v) is 12.1. The van der Waals surface area contributed by atoms with Crippen molar-refractivity contribution in [3.63, 3.8) is 0 Å². The van der Waals surface area contributed by atoms with E-state index < -0.39 is 0 Å². The monoisotopic (exact) mass is 296 g/mol. The van der Waals surface area contributed by atoms with Crippen LogP contribution in [0.2, 0.25) is 0 Å². The van der Waals surface area contributed by atoms with Gasteiger partial charge in [-0.05, 0) is 24.3 Å². The van der Waals surface area contributed by atoms with Gasteiger partial charge in [-0.3, -0.25) is 0 Å². The van der Waals surface area contributed by atoms with E-state index in [2.05, 4.69) is 16.4 Å². The van der Waals surface area contributed by atoms with Crippen LogP contribution in [0.1, 0.15) is 5.56 Å². The van der Waals surface area contributed by atoms with Crippen molar-refractivity contribution in [2.24, 2.45) is 0 Å². The summed E-state index contributed by atoms with van der Waals surface area (Å²) in [6, 6.07) is 11.2. The van der Waals surface area contributed by atoms with Crippen LogP contribution < -0.4 is 15.8 Å². The van der Waals surface area contributed by atoms with Crippen molar-refractivity contribution in [2.45, 2.75) is 0 Å². The minimum atomic E-state index is 0.542. The van der Waals surface area contributed by atoms with Gasteiger partial charge in [-0.2, -0.15) is 5.26 Å². The molecule has 0 unspecified atom stereocenters. The molecule has 6 heteroatoms. The van der Waals surface area contributed by atoms with Gasteiger partial charge >= 0.3 is 0 Å². The van der Waals surface area contributed by atoms with Crippen LogP contribution >= 0.6 is 11.3 Å². The van der Waals surface area contributed by atoms with E-state index in [0.717, 1.165) is 21.6 Å². The molecule has 1 heterocycles. The molecule has 3 rings (SSSR count). The number of ether oxygens (including phenoxy) is 1. The quantitative estimate of drug-likeness (QED) is 0.723. The lowest BCUT2D eigenvalue weighted by molar-refractivity contribution is 0.416. The summed E-state index contributed by atoms with van der Waals surface area (Å²) in [4.78, 5) is 4.27. The van der Waals surface area contributed by atoms with E-state index in [0.29, 0.717) is 17.0 Å².